The molecule has 0 rings (SSSR count). The summed E-state index contributed by atoms with van der Waals surface area (Å²) < 4.78 is 4.18. The fourth-order valence-corrected chi connectivity index (χ4v) is 0.107. The second kappa shape index (κ2) is 8.96. The Labute approximate surface area is 43.8 Å². The molecule has 0 fully saturated rings. The summed E-state index contributed by atoms with van der Waals surface area (Å²) in [4.78, 5) is 9.29. The maximum Gasteiger partial charge on any atom is 0.293 e. The van der Waals surface area contributed by atoms with Crippen LogP contribution >= 0.6 is 0 Å². The second-order valence-electron chi connectivity index (χ2n) is 0.718. The first-order valence-corrected chi connectivity index (χ1v) is 1.58. The van der Waals surface area contributed by atoms with E-state index in [0.29, 0.717) is 13.1 Å². The molecule has 2 nitrogen and oxygen atoms in total. The molecule has 0 aliphatic carbocycles. The molecule has 0 atom stereocenters. The van der Waals surface area contributed by atoms with Crippen molar-refractivity contribution in [3.63, 3.8) is 0 Å². The molecule has 0 bridgehead atoms. The smallest absolute Gasteiger partial charge is 0.293 e. The van der Waals surface area contributed by atoms with Gasteiger partial charge in [0.2, 0.25) is 0 Å². The summed E-state index contributed by atoms with van der Waals surface area (Å²) in [5, 5.41) is 0. The van der Waals surface area contributed by atoms with Gasteiger partial charge in [-0.1, -0.05) is 20.1 Å². The highest BCUT2D eigenvalue weighted by Crippen LogP contribution is 1.62. The van der Waals surface area contributed by atoms with Gasteiger partial charge in [-0.3, -0.25) is 4.79 Å². The van der Waals surface area contributed by atoms with E-state index in [1.807, 2.05) is 0 Å². The van der Waals surface area contributed by atoms with Crippen molar-refractivity contribution in [1.29, 1.82) is 0 Å². The lowest BCUT2D eigenvalue weighted by molar-refractivity contribution is -0.127. The zero-order valence-corrected chi connectivity index (χ0v) is 3.39. The third-order valence-corrected chi connectivity index (χ3v) is 0.282. The zero-order valence-electron chi connectivity index (χ0n) is 3.39. The van der Waals surface area contributed by atoms with E-state index < -0.39 is 0 Å². The lowest BCUT2D eigenvalue weighted by Gasteiger charge is -1.82. The van der Waals surface area contributed by atoms with Crippen LogP contribution in [0.25, 0.3) is 0 Å². The third kappa shape index (κ3) is 11.0. The molecule has 0 aromatic rings. The Hall–Kier alpha value is -0.790. The second-order valence-corrected chi connectivity index (χ2v) is 0.718. The van der Waals surface area contributed by atoms with Crippen LogP contribution < -0.4 is 0 Å². The van der Waals surface area contributed by atoms with Crippen LogP contribution in [-0.2, 0) is 9.53 Å². The van der Waals surface area contributed by atoms with Gasteiger partial charge >= 0.3 is 0 Å². The summed E-state index contributed by atoms with van der Waals surface area (Å²) in [6, 6.07) is 0. The monoisotopic (exact) mass is 102 g/mol. The molecule has 0 amide bonds. The van der Waals surface area contributed by atoms with Crippen LogP contribution in [0.4, 0.5) is 0 Å². The zero-order chi connectivity index (χ0) is 4.83. The number of hydrogen-bond donors (Lipinski definition) is 0. The first kappa shape index (κ1) is 9.51. The summed E-state index contributed by atoms with van der Waals surface area (Å²) >= 11 is 0. The van der Waals surface area contributed by atoms with Crippen molar-refractivity contribution in [2.24, 2.45) is 0 Å². The molecule has 0 aliphatic heterocycles. The van der Waals surface area contributed by atoms with E-state index in [0.717, 1.165) is 0 Å². The largest absolute Gasteiger partial charge is 0.464 e. The average molecular weight is 102 g/mol. The predicted molar refractivity (Wildman–Crippen MR) is 28.9 cm³/mol. The number of ether oxygens (including phenoxy) is 1. The van der Waals surface area contributed by atoms with E-state index in [-0.39, 0.29) is 7.43 Å². The molecule has 2 heteroatoms. The van der Waals surface area contributed by atoms with Gasteiger partial charge in [0.1, 0.15) is 6.61 Å². The Kier molecular flexibility index (Phi) is 12.2. The Morgan fingerprint density at radius 3 is 2.43 bits per heavy atom. The van der Waals surface area contributed by atoms with Gasteiger partial charge in [0, 0.05) is 0 Å². The van der Waals surface area contributed by atoms with E-state index >= 15 is 0 Å². The van der Waals surface area contributed by atoms with E-state index in [4.69, 9.17) is 0 Å². The van der Waals surface area contributed by atoms with Gasteiger partial charge in [0.05, 0.1) is 0 Å². The number of carbonyl (C=O) groups is 1. The van der Waals surface area contributed by atoms with Crippen molar-refractivity contribution < 1.29 is 9.53 Å². The van der Waals surface area contributed by atoms with E-state index in [2.05, 4.69) is 11.3 Å². The van der Waals surface area contributed by atoms with E-state index in [1.54, 1.807) is 0 Å². The van der Waals surface area contributed by atoms with Crippen LogP contribution in [0.3, 0.4) is 0 Å². The van der Waals surface area contributed by atoms with Gasteiger partial charge in [0.15, 0.2) is 0 Å². The maximum absolute atomic E-state index is 9.29. The molecule has 0 heterocycles. The van der Waals surface area contributed by atoms with Crippen LogP contribution in [0.2, 0.25) is 0 Å². The molecule has 0 aliphatic rings. The molecule has 0 N–H and O–H groups in total. The highest BCUT2D eigenvalue weighted by Gasteiger charge is 1.65. The molecule has 0 saturated carbocycles. The minimum absolute atomic E-state index is 0. The minimum Gasteiger partial charge on any atom is -0.464 e. The lowest BCUT2D eigenvalue weighted by Crippen LogP contribution is -1.83. The highest BCUT2D eigenvalue weighted by molar-refractivity contribution is 5.37. The van der Waals surface area contributed by atoms with Crippen molar-refractivity contribution >= 4 is 6.47 Å². The predicted octanol–water partition coefficient (Wildman–Crippen LogP) is 0.982. The van der Waals surface area contributed by atoms with Crippen molar-refractivity contribution in [2.45, 2.75) is 7.43 Å². The molecule has 42 valence electrons. The van der Waals surface area contributed by atoms with Crippen molar-refractivity contribution in [1.82, 2.24) is 0 Å². The van der Waals surface area contributed by atoms with E-state index in [1.165, 1.54) is 6.08 Å². The van der Waals surface area contributed by atoms with Crippen LogP contribution in [0, 0.1) is 0 Å². The lowest BCUT2D eigenvalue weighted by atomic mass is 10.7. The van der Waals surface area contributed by atoms with Gasteiger partial charge in [0.25, 0.3) is 6.47 Å². The average Bonchev–Trinajstić information content (AvgIpc) is 1.61. The highest BCUT2D eigenvalue weighted by atomic mass is 16.5. The standard InChI is InChI=1S/C4H6O2.CH4/c1-2-3-6-4-5;/h2,4H,1,3H2;1H4. The summed E-state index contributed by atoms with van der Waals surface area (Å²) in [6.07, 6.45) is 1.51. The number of carbonyl (C=O) groups excluding carboxylic acids is 1. The van der Waals surface area contributed by atoms with Crippen LogP contribution in [0.5, 0.6) is 0 Å². The molecular formula is C5H10O2. The quantitative estimate of drug-likeness (QED) is 0.301. The van der Waals surface area contributed by atoms with Crippen molar-refractivity contribution in [2.75, 3.05) is 6.61 Å². The van der Waals surface area contributed by atoms with Gasteiger partial charge in [-0.25, -0.2) is 0 Å². The molecule has 0 aromatic carbocycles. The van der Waals surface area contributed by atoms with Crippen LogP contribution in [0.15, 0.2) is 12.7 Å². The molecule has 0 unspecified atom stereocenters. The van der Waals surface area contributed by atoms with Gasteiger partial charge in [-0.15, -0.1) is 0 Å². The minimum atomic E-state index is 0. The van der Waals surface area contributed by atoms with Crippen LogP contribution in [-0.4, -0.2) is 13.1 Å². The van der Waals surface area contributed by atoms with Crippen molar-refractivity contribution in [3.05, 3.63) is 12.7 Å². The Morgan fingerprint density at radius 2 is 2.29 bits per heavy atom. The Morgan fingerprint density at radius 1 is 1.71 bits per heavy atom. The Bertz CT molecular complexity index is 42.0. The number of rotatable bonds is 3. The van der Waals surface area contributed by atoms with Gasteiger partial charge < -0.3 is 4.74 Å². The summed E-state index contributed by atoms with van der Waals surface area (Å²) in [5.74, 6) is 0. The van der Waals surface area contributed by atoms with Gasteiger partial charge in [-0.05, 0) is 0 Å². The normalized spacial score (nSPS) is 5.71. The molecule has 7 heavy (non-hydrogen) atoms. The van der Waals surface area contributed by atoms with Crippen LogP contribution in [0.1, 0.15) is 7.43 Å². The first-order chi connectivity index (χ1) is 2.91. The SMILES string of the molecule is C.C=CCOC=O. The fraction of sp³-hybridized carbons (Fsp3) is 0.400. The molecule has 0 aromatic heterocycles. The van der Waals surface area contributed by atoms with Crippen molar-refractivity contribution in [3.8, 4) is 0 Å². The molecule has 0 saturated heterocycles. The third-order valence-electron chi connectivity index (χ3n) is 0.282. The molecule has 0 radical (unpaired) electrons. The fourth-order valence-electron chi connectivity index (χ4n) is 0.107. The molecule has 0 spiro atoms. The summed E-state index contributed by atoms with van der Waals surface area (Å²) in [6.45, 7) is 4.01. The maximum atomic E-state index is 9.29. The van der Waals surface area contributed by atoms with E-state index in [9.17, 15) is 4.79 Å². The molecular weight excluding hydrogens is 92.1 g/mol. The Balaban J connectivity index is 0. The first-order valence-electron chi connectivity index (χ1n) is 1.58. The topological polar surface area (TPSA) is 26.3 Å². The summed E-state index contributed by atoms with van der Waals surface area (Å²) in [5.41, 5.74) is 0. The summed E-state index contributed by atoms with van der Waals surface area (Å²) in [7, 11) is 0. The number of hydrogen-bond acceptors (Lipinski definition) is 2. The van der Waals surface area contributed by atoms with Gasteiger partial charge in [-0.2, -0.15) is 0 Å².